The van der Waals surface area contributed by atoms with E-state index in [0.717, 1.165) is 12.3 Å². The first kappa shape index (κ1) is 17.1. The van der Waals surface area contributed by atoms with E-state index in [4.69, 9.17) is 0 Å². The third kappa shape index (κ3) is 5.80. The largest absolute Gasteiger partial charge is 0.310 e. The molecule has 0 saturated heterocycles. The van der Waals surface area contributed by atoms with Gasteiger partial charge in [-0.1, -0.05) is 37.1 Å². The highest BCUT2D eigenvalue weighted by Crippen LogP contribution is 2.30. The molecule has 1 aliphatic rings. The standard InChI is InChI=1S/C18H26BrNS/c1-2-13-20-17(15-9-5-3-4-6-10-15)14-21-18-12-8-7-11-16(18)19/h7-9,11-12,17,20H,2-6,10,13-14H2,1H3. The Morgan fingerprint density at radius 1 is 1.24 bits per heavy atom. The van der Waals surface area contributed by atoms with Crippen LogP contribution in [-0.2, 0) is 0 Å². The van der Waals surface area contributed by atoms with Crippen LogP contribution in [0.4, 0.5) is 0 Å². The van der Waals surface area contributed by atoms with E-state index in [1.54, 1.807) is 5.57 Å². The molecule has 1 N–H and O–H groups in total. The normalized spacial score (nSPS) is 17.1. The molecule has 116 valence electrons. The van der Waals surface area contributed by atoms with Crippen LogP contribution in [0.25, 0.3) is 0 Å². The molecule has 0 amide bonds. The average molecular weight is 368 g/mol. The van der Waals surface area contributed by atoms with Gasteiger partial charge in [0, 0.05) is 21.2 Å². The lowest BCUT2D eigenvalue weighted by molar-refractivity contribution is 0.584. The zero-order valence-corrected chi connectivity index (χ0v) is 15.3. The predicted octanol–water partition coefficient (Wildman–Crippen LogP) is 5.80. The van der Waals surface area contributed by atoms with E-state index in [-0.39, 0.29) is 0 Å². The minimum atomic E-state index is 0.528. The second kappa shape index (κ2) is 9.70. The summed E-state index contributed by atoms with van der Waals surface area (Å²) in [6.45, 7) is 3.35. The fraction of sp³-hybridized carbons (Fsp3) is 0.556. The van der Waals surface area contributed by atoms with Gasteiger partial charge >= 0.3 is 0 Å². The molecule has 1 aliphatic carbocycles. The van der Waals surface area contributed by atoms with Crippen molar-refractivity contribution in [3.63, 3.8) is 0 Å². The molecular weight excluding hydrogens is 342 g/mol. The van der Waals surface area contributed by atoms with Gasteiger partial charge in [0.1, 0.15) is 0 Å². The zero-order chi connectivity index (χ0) is 14.9. The van der Waals surface area contributed by atoms with Crippen LogP contribution in [-0.4, -0.2) is 18.3 Å². The van der Waals surface area contributed by atoms with E-state index in [0.29, 0.717) is 6.04 Å². The van der Waals surface area contributed by atoms with Crippen LogP contribution in [0.1, 0.15) is 45.4 Å². The van der Waals surface area contributed by atoms with Crippen LogP contribution in [0.15, 0.2) is 45.3 Å². The summed E-state index contributed by atoms with van der Waals surface area (Å²) in [5.74, 6) is 1.12. The van der Waals surface area contributed by atoms with Gasteiger partial charge in [-0.3, -0.25) is 0 Å². The summed E-state index contributed by atoms with van der Waals surface area (Å²) >= 11 is 5.61. The summed E-state index contributed by atoms with van der Waals surface area (Å²) in [6, 6.07) is 9.05. The van der Waals surface area contributed by atoms with Crippen molar-refractivity contribution in [2.75, 3.05) is 12.3 Å². The predicted molar refractivity (Wildman–Crippen MR) is 98.1 cm³/mol. The van der Waals surface area contributed by atoms with Crippen molar-refractivity contribution >= 4 is 27.7 Å². The third-order valence-corrected chi connectivity index (χ3v) is 6.03. The van der Waals surface area contributed by atoms with Crippen LogP contribution in [0.2, 0.25) is 0 Å². The molecule has 0 radical (unpaired) electrons. The first-order chi connectivity index (χ1) is 10.3. The van der Waals surface area contributed by atoms with Gasteiger partial charge in [0.2, 0.25) is 0 Å². The smallest absolute Gasteiger partial charge is 0.0374 e. The van der Waals surface area contributed by atoms with Crippen LogP contribution >= 0.6 is 27.7 Å². The number of benzene rings is 1. The summed E-state index contributed by atoms with van der Waals surface area (Å²) in [4.78, 5) is 1.34. The maximum absolute atomic E-state index is 3.75. The number of rotatable bonds is 7. The van der Waals surface area contributed by atoms with Crippen molar-refractivity contribution in [1.82, 2.24) is 5.32 Å². The molecule has 21 heavy (non-hydrogen) atoms. The van der Waals surface area contributed by atoms with Crippen LogP contribution < -0.4 is 5.32 Å². The molecule has 1 unspecified atom stereocenters. The van der Waals surface area contributed by atoms with E-state index in [9.17, 15) is 0 Å². The average Bonchev–Trinajstić information content (AvgIpc) is 2.78. The monoisotopic (exact) mass is 367 g/mol. The van der Waals surface area contributed by atoms with Gasteiger partial charge in [0.05, 0.1) is 0 Å². The second-order valence-electron chi connectivity index (χ2n) is 5.63. The Bertz CT molecular complexity index is 458. The Morgan fingerprint density at radius 3 is 2.90 bits per heavy atom. The highest BCUT2D eigenvalue weighted by molar-refractivity contribution is 9.10. The number of allylic oxidation sites excluding steroid dienone is 1. The lowest BCUT2D eigenvalue weighted by atomic mass is 10.0. The molecule has 0 heterocycles. The van der Waals surface area contributed by atoms with E-state index < -0.39 is 0 Å². The Labute approximate surface area is 142 Å². The molecule has 1 aromatic rings. The highest BCUT2D eigenvalue weighted by atomic mass is 79.9. The zero-order valence-electron chi connectivity index (χ0n) is 12.9. The minimum absolute atomic E-state index is 0.528. The van der Waals surface area contributed by atoms with Crippen LogP contribution in [0.3, 0.4) is 0 Å². The van der Waals surface area contributed by atoms with Gasteiger partial charge in [0.15, 0.2) is 0 Å². The van der Waals surface area contributed by atoms with Gasteiger partial charge in [-0.15, -0.1) is 11.8 Å². The van der Waals surface area contributed by atoms with Crippen molar-refractivity contribution < 1.29 is 0 Å². The summed E-state index contributed by atoms with van der Waals surface area (Å²) in [5.41, 5.74) is 1.64. The molecule has 0 aliphatic heterocycles. The first-order valence-electron chi connectivity index (χ1n) is 8.11. The van der Waals surface area contributed by atoms with Gasteiger partial charge in [-0.05, 0) is 66.7 Å². The lowest BCUT2D eigenvalue weighted by Gasteiger charge is -2.21. The Morgan fingerprint density at radius 2 is 2.10 bits per heavy atom. The van der Waals surface area contributed by atoms with Crippen molar-refractivity contribution in [3.05, 3.63) is 40.4 Å². The third-order valence-electron chi connectivity index (χ3n) is 3.91. The highest BCUT2D eigenvalue weighted by Gasteiger charge is 2.15. The fourth-order valence-corrected chi connectivity index (χ4v) is 4.39. The summed E-state index contributed by atoms with van der Waals surface area (Å²) in [5, 5.41) is 3.75. The molecule has 3 heteroatoms. The van der Waals surface area contributed by atoms with Crippen molar-refractivity contribution in [3.8, 4) is 0 Å². The number of nitrogens with one attached hydrogen (secondary N) is 1. The number of hydrogen-bond donors (Lipinski definition) is 1. The number of halogens is 1. The van der Waals surface area contributed by atoms with Crippen molar-refractivity contribution in [2.45, 2.75) is 56.4 Å². The summed E-state index contributed by atoms with van der Waals surface area (Å²) in [7, 11) is 0. The molecule has 1 aromatic carbocycles. The Hall–Kier alpha value is -0.250. The SMILES string of the molecule is CCCNC(CSc1ccccc1Br)C1=CCCCCC1. The quantitative estimate of drug-likeness (QED) is 0.482. The molecule has 0 fully saturated rings. The molecule has 0 spiro atoms. The summed E-state index contributed by atoms with van der Waals surface area (Å²) in [6.07, 6.45) is 10.3. The van der Waals surface area contributed by atoms with E-state index >= 15 is 0 Å². The van der Waals surface area contributed by atoms with E-state index in [1.807, 2.05) is 11.8 Å². The first-order valence-corrected chi connectivity index (χ1v) is 9.88. The van der Waals surface area contributed by atoms with Crippen molar-refractivity contribution in [2.24, 2.45) is 0 Å². The maximum Gasteiger partial charge on any atom is 0.0374 e. The van der Waals surface area contributed by atoms with E-state index in [2.05, 4.69) is 58.5 Å². The van der Waals surface area contributed by atoms with Crippen molar-refractivity contribution in [1.29, 1.82) is 0 Å². The second-order valence-corrected chi connectivity index (χ2v) is 7.54. The molecule has 1 nitrogen and oxygen atoms in total. The Balaban J connectivity index is 1.98. The Kier molecular flexibility index (Phi) is 7.91. The number of hydrogen-bond acceptors (Lipinski definition) is 2. The minimum Gasteiger partial charge on any atom is -0.310 e. The lowest BCUT2D eigenvalue weighted by Crippen LogP contribution is -2.33. The van der Waals surface area contributed by atoms with Gasteiger partial charge in [-0.25, -0.2) is 0 Å². The molecule has 0 aromatic heterocycles. The molecular formula is C18H26BrNS. The molecule has 0 saturated carbocycles. The summed E-state index contributed by atoms with van der Waals surface area (Å²) < 4.78 is 1.21. The van der Waals surface area contributed by atoms with E-state index in [1.165, 1.54) is 47.9 Å². The molecule has 2 rings (SSSR count). The maximum atomic E-state index is 3.75. The van der Waals surface area contributed by atoms with Gasteiger partial charge in [0.25, 0.3) is 0 Å². The number of thioether (sulfide) groups is 1. The van der Waals surface area contributed by atoms with Crippen LogP contribution in [0.5, 0.6) is 0 Å². The topological polar surface area (TPSA) is 12.0 Å². The van der Waals surface area contributed by atoms with Crippen LogP contribution in [0, 0.1) is 0 Å². The van der Waals surface area contributed by atoms with Gasteiger partial charge < -0.3 is 5.32 Å². The fourth-order valence-electron chi connectivity index (χ4n) is 2.71. The molecule has 0 bridgehead atoms. The van der Waals surface area contributed by atoms with Gasteiger partial charge in [-0.2, -0.15) is 0 Å². The molecule has 1 atom stereocenters.